The highest BCUT2D eigenvalue weighted by molar-refractivity contribution is 6.12. The van der Waals surface area contributed by atoms with Crippen molar-refractivity contribution in [3.8, 4) is 0 Å². The van der Waals surface area contributed by atoms with Crippen LogP contribution in [-0.2, 0) is 0 Å². The summed E-state index contributed by atoms with van der Waals surface area (Å²) < 4.78 is 0. The van der Waals surface area contributed by atoms with Gasteiger partial charge in [0.15, 0.2) is 0 Å². The zero-order valence-electron chi connectivity index (χ0n) is 10.8. The molecule has 0 heterocycles. The molecule has 0 fully saturated rings. The first kappa shape index (κ1) is 11.0. The molecule has 18 heavy (non-hydrogen) atoms. The van der Waals surface area contributed by atoms with E-state index in [1.54, 1.807) is 0 Å². The molecule has 0 saturated heterocycles. The van der Waals surface area contributed by atoms with Crippen molar-refractivity contribution in [2.75, 3.05) is 0 Å². The fraction of sp³-hybridized carbons (Fsp3) is 0.111. The number of allylic oxidation sites excluding steroid dienone is 1. The van der Waals surface area contributed by atoms with E-state index in [1.165, 1.54) is 32.7 Å². The highest BCUT2D eigenvalue weighted by Gasteiger charge is 2.08. The Labute approximate surface area is 108 Å². The molecule has 3 aromatic carbocycles. The lowest BCUT2D eigenvalue weighted by Gasteiger charge is -2.12. The quantitative estimate of drug-likeness (QED) is 0.497. The van der Waals surface area contributed by atoms with E-state index >= 15 is 0 Å². The molecule has 0 aliphatic carbocycles. The predicted molar refractivity (Wildman–Crippen MR) is 80.9 cm³/mol. The molecule has 0 unspecified atom stereocenters. The van der Waals surface area contributed by atoms with Crippen molar-refractivity contribution >= 4 is 27.6 Å². The van der Waals surface area contributed by atoms with Crippen LogP contribution in [0.2, 0.25) is 0 Å². The first-order valence-corrected chi connectivity index (χ1v) is 6.35. The van der Waals surface area contributed by atoms with Gasteiger partial charge in [0.05, 0.1) is 0 Å². The minimum atomic E-state index is 1.34. The summed E-state index contributed by atoms with van der Waals surface area (Å²) in [5.74, 6) is 0. The van der Waals surface area contributed by atoms with Crippen molar-refractivity contribution in [2.45, 2.75) is 13.8 Å². The number of fused-ring (bicyclic) bond motifs is 3. The Kier molecular flexibility index (Phi) is 2.64. The molecule has 3 aromatic rings. The number of rotatable bonds is 1. The molecule has 0 aliphatic heterocycles. The van der Waals surface area contributed by atoms with Gasteiger partial charge in [0, 0.05) is 0 Å². The lowest BCUT2D eigenvalue weighted by molar-refractivity contribution is 1.52. The molecule has 88 valence electrons. The molecule has 0 atom stereocenters. The van der Waals surface area contributed by atoms with Crippen LogP contribution in [0.15, 0.2) is 54.6 Å². The largest absolute Gasteiger partial charge is 0.0870 e. The molecule has 3 rings (SSSR count). The third-order valence-electron chi connectivity index (χ3n) is 3.58. The van der Waals surface area contributed by atoms with Crippen molar-refractivity contribution in [1.82, 2.24) is 0 Å². The van der Waals surface area contributed by atoms with Crippen LogP contribution in [0.3, 0.4) is 0 Å². The Balaban J connectivity index is 2.62. The first-order chi connectivity index (χ1) is 8.83. The highest BCUT2D eigenvalue weighted by Crippen LogP contribution is 2.32. The Morgan fingerprint density at radius 2 is 1.22 bits per heavy atom. The van der Waals surface area contributed by atoms with E-state index in [9.17, 15) is 0 Å². The van der Waals surface area contributed by atoms with Crippen LogP contribution in [-0.4, -0.2) is 0 Å². The van der Waals surface area contributed by atoms with Gasteiger partial charge in [-0.2, -0.15) is 0 Å². The average molecular weight is 232 g/mol. The second kappa shape index (κ2) is 4.30. The zero-order valence-corrected chi connectivity index (χ0v) is 10.8. The fourth-order valence-corrected chi connectivity index (χ4v) is 2.73. The van der Waals surface area contributed by atoms with Crippen LogP contribution in [0.4, 0.5) is 0 Å². The predicted octanol–water partition coefficient (Wildman–Crippen LogP) is 5.33. The molecular weight excluding hydrogens is 216 g/mol. The number of hydrogen-bond donors (Lipinski definition) is 0. The van der Waals surface area contributed by atoms with E-state index < -0.39 is 0 Å². The summed E-state index contributed by atoms with van der Waals surface area (Å²) in [6.07, 6.45) is 4.33. The van der Waals surface area contributed by atoms with Crippen molar-refractivity contribution in [2.24, 2.45) is 0 Å². The Morgan fingerprint density at radius 3 is 1.83 bits per heavy atom. The Bertz CT molecular complexity index is 748. The molecular formula is C18H16. The smallest absolute Gasteiger partial charge is 0.00992 e. The van der Waals surface area contributed by atoms with Gasteiger partial charge in [-0.1, -0.05) is 60.7 Å². The third-order valence-corrected chi connectivity index (χ3v) is 3.58. The summed E-state index contributed by atoms with van der Waals surface area (Å²) in [6, 6.07) is 17.3. The summed E-state index contributed by atoms with van der Waals surface area (Å²) in [4.78, 5) is 0. The first-order valence-electron chi connectivity index (χ1n) is 6.35. The lowest BCUT2D eigenvalue weighted by Crippen LogP contribution is -1.88. The molecule has 0 nitrogen and oxygen atoms in total. The van der Waals surface area contributed by atoms with Crippen LogP contribution >= 0.6 is 0 Å². The zero-order chi connectivity index (χ0) is 12.5. The van der Waals surface area contributed by atoms with Gasteiger partial charge in [-0.15, -0.1) is 0 Å². The average Bonchev–Trinajstić information content (AvgIpc) is 2.43. The topological polar surface area (TPSA) is 0 Å². The van der Waals surface area contributed by atoms with E-state index in [-0.39, 0.29) is 0 Å². The van der Waals surface area contributed by atoms with Gasteiger partial charge < -0.3 is 0 Å². The van der Waals surface area contributed by atoms with Gasteiger partial charge in [0.2, 0.25) is 0 Å². The minimum Gasteiger partial charge on any atom is -0.0870 e. The summed E-state index contributed by atoms with van der Waals surface area (Å²) >= 11 is 0. The highest BCUT2D eigenvalue weighted by atomic mass is 14.1. The fourth-order valence-electron chi connectivity index (χ4n) is 2.73. The summed E-state index contributed by atoms with van der Waals surface area (Å²) in [5.41, 5.74) is 2.70. The second-order valence-corrected chi connectivity index (χ2v) is 4.63. The van der Waals surface area contributed by atoms with Crippen LogP contribution in [0, 0.1) is 6.92 Å². The number of aryl methyl sites for hydroxylation is 1. The molecule has 0 radical (unpaired) electrons. The number of benzene rings is 3. The van der Waals surface area contributed by atoms with Crippen LogP contribution < -0.4 is 0 Å². The van der Waals surface area contributed by atoms with Gasteiger partial charge in [-0.3, -0.25) is 0 Å². The van der Waals surface area contributed by atoms with Crippen molar-refractivity contribution < 1.29 is 0 Å². The molecule has 0 bridgehead atoms. The van der Waals surface area contributed by atoms with Crippen LogP contribution in [0.1, 0.15) is 18.1 Å². The van der Waals surface area contributed by atoms with Gasteiger partial charge in [0.25, 0.3) is 0 Å². The summed E-state index contributed by atoms with van der Waals surface area (Å²) in [7, 11) is 0. The molecule has 0 amide bonds. The molecule has 0 N–H and O–H groups in total. The molecule has 0 aliphatic rings. The van der Waals surface area contributed by atoms with Crippen molar-refractivity contribution in [1.29, 1.82) is 0 Å². The maximum atomic E-state index is 2.21. The van der Waals surface area contributed by atoms with Crippen molar-refractivity contribution in [3.63, 3.8) is 0 Å². The standard InChI is InChI=1S/C18H16/c1-3-8-14-13(2)15-9-4-5-11-17(15)18-12-7-6-10-16(14)18/h3-12H,1-2H3/b8-3-. The SMILES string of the molecule is C/C=C\c1c(C)c2ccccc2c2ccccc12. The molecule has 0 saturated carbocycles. The third kappa shape index (κ3) is 1.53. The van der Waals surface area contributed by atoms with Gasteiger partial charge in [0.1, 0.15) is 0 Å². The van der Waals surface area contributed by atoms with Crippen LogP contribution in [0.25, 0.3) is 27.6 Å². The maximum absolute atomic E-state index is 2.21. The lowest BCUT2D eigenvalue weighted by atomic mass is 9.92. The molecule has 0 heteroatoms. The molecule has 0 spiro atoms. The van der Waals surface area contributed by atoms with E-state index in [0.29, 0.717) is 0 Å². The van der Waals surface area contributed by atoms with Gasteiger partial charge in [-0.05, 0) is 46.5 Å². The second-order valence-electron chi connectivity index (χ2n) is 4.63. The summed E-state index contributed by atoms with van der Waals surface area (Å²) in [6.45, 7) is 4.29. The summed E-state index contributed by atoms with van der Waals surface area (Å²) in [5, 5.41) is 5.38. The van der Waals surface area contributed by atoms with Gasteiger partial charge in [-0.25, -0.2) is 0 Å². The van der Waals surface area contributed by atoms with Crippen molar-refractivity contribution in [3.05, 3.63) is 65.7 Å². The minimum absolute atomic E-state index is 1.34. The van der Waals surface area contributed by atoms with E-state index in [2.05, 4.69) is 74.5 Å². The van der Waals surface area contributed by atoms with Crippen LogP contribution in [0.5, 0.6) is 0 Å². The Hall–Kier alpha value is -2.08. The maximum Gasteiger partial charge on any atom is -0.00992 e. The van der Waals surface area contributed by atoms with E-state index in [1.807, 2.05) is 0 Å². The monoisotopic (exact) mass is 232 g/mol. The molecule has 0 aromatic heterocycles. The normalized spacial score (nSPS) is 11.7. The van der Waals surface area contributed by atoms with E-state index in [4.69, 9.17) is 0 Å². The Morgan fingerprint density at radius 1 is 0.722 bits per heavy atom. The van der Waals surface area contributed by atoms with Gasteiger partial charge >= 0.3 is 0 Å². The number of hydrogen-bond acceptors (Lipinski definition) is 0. The van der Waals surface area contributed by atoms with E-state index in [0.717, 1.165) is 0 Å².